The highest BCUT2D eigenvalue weighted by Gasteiger charge is 2.21. The van der Waals surface area contributed by atoms with Crippen molar-refractivity contribution in [1.29, 1.82) is 0 Å². The second kappa shape index (κ2) is 5.76. The highest BCUT2D eigenvalue weighted by atomic mass is 19.1. The maximum Gasteiger partial charge on any atom is 0.257 e. The van der Waals surface area contributed by atoms with Gasteiger partial charge in [0.05, 0.1) is 5.56 Å². The first-order chi connectivity index (χ1) is 8.41. The average Bonchev–Trinajstić information content (AvgIpc) is 2.26. The molecule has 0 saturated carbocycles. The Morgan fingerprint density at radius 3 is 2.00 bits per heavy atom. The molecule has 0 spiro atoms. The van der Waals surface area contributed by atoms with Crippen LogP contribution in [0.25, 0.3) is 0 Å². The maximum atomic E-state index is 13.4. The standard InChI is InChI=1S/C11H12FN3O3/c12-8-4-2-1-3-7(8)11(18)15(5-9(13)16)6-10(14)17/h1-4H,5-6H2,(H2,13,16)(H2,14,17). The zero-order chi connectivity index (χ0) is 13.7. The van der Waals surface area contributed by atoms with E-state index in [-0.39, 0.29) is 5.56 Å². The molecular formula is C11H12FN3O3. The van der Waals surface area contributed by atoms with Crippen molar-refractivity contribution in [2.75, 3.05) is 13.1 Å². The number of primary amides is 2. The monoisotopic (exact) mass is 253 g/mol. The Kier molecular flexibility index (Phi) is 4.36. The molecule has 0 unspecified atom stereocenters. The van der Waals surface area contributed by atoms with Crippen molar-refractivity contribution in [2.24, 2.45) is 11.5 Å². The van der Waals surface area contributed by atoms with E-state index < -0.39 is 36.6 Å². The number of benzene rings is 1. The van der Waals surface area contributed by atoms with Crippen LogP contribution in [0.15, 0.2) is 24.3 Å². The summed E-state index contributed by atoms with van der Waals surface area (Å²) in [5.41, 5.74) is 9.64. The number of nitrogens with two attached hydrogens (primary N) is 2. The van der Waals surface area contributed by atoms with Gasteiger partial charge in [0.25, 0.3) is 5.91 Å². The highest BCUT2D eigenvalue weighted by molar-refractivity contribution is 5.98. The van der Waals surface area contributed by atoms with Crippen molar-refractivity contribution < 1.29 is 18.8 Å². The van der Waals surface area contributed by atoms with Gasteiger partial charge in [-0.15, -0.1) is 0 Å². The number of hydrogen-bond donors (Lipinski definition) is 2. The van der Waals surface area contributed by atoms with Gasteiger partial charge in [-0.05, 0) is 12.1 Å². The van der Waals surface area contributed by atoms with Crippen LogP contribution in [0.5, 0.6) is 0 Å². The smallest absolute Gasteiger partial charge is 0.257 e. The zero-order valence-corrected chi connectivity index (χ0v) is 9.43. The Labute approximate surface area is 102 Å². The Morgan fingerprint density at radius 1 is 1.06 bits per heavy atom. The number of halogens is 1. The molecule has 0 heterocycles. The van der Waals surface area contributed by atoms with E-state index in [4.69, 9.17) is 11.5 Å². The first-order valence-electron chi connectivity index (χ1n) is 5.02. The van der Waals surface area contributed by atoms with E-state index in [2.05, 4.69) is 0 Å². The quantitative estimate of drug-likeness (QED) is 0.720. The first kappa shape index (κ1) is 13.6. The number of amides is 3. The van der Waals surface area contributed by atoms with Crippen molar-refractivity contribution in [3.8, 4) is 0 Å². The molecule has 0 fully saturated rings. The molecule has 6 nitrogen and oxygen atoms in total. The van der Waals surface area contributed by atoms with Crippen LogP contribution >= 0.6 is 0 Å². The fourth-order valence-corrected chi connectivity index (χ4v) is 1.38. The summed E-state index contributed by atoms with van der Waals surface area (Å²) >= 11 is 0. The van der Waals surface area contributed by atoms with Crippen molar-refractivity contribution in [3.05, 3.63) is 35.6 Å². The number of carbonyl (C=O) groups excluding carboxylic acids is 3. The maximum absolute atomic E-state index is 13.4. The van der Waals surface area contributed by atoms with Crippen molar-refractivity contribution in [3.63, 3.8) is 0 Å². The molecule has 1 rings (SSSR count). The molecule has 1 aromatic carbocycles. The van der Waals surface area contributed by atoms with Crippen LogP contribution in [0, 0.1) is 5.82 Å². The number of nitrogens with zero attached hydrogens (tertiary/aromatic N) is 1. The highest BCUT2D eigenvalue weighted by Crippen LogP contribution is 2.09. The molecule has 0 aliphatic rings. The normalized spacial score (nSPS) is 9.83. The average molecular weight is 253 g/mol. The van der Waals surface area contributed by atoms with Gasteiger partial charge in [-0.25, -0.2) is 4.39 Å². The van der Waals surface area contributed by atoms with Crippen LogP contribution in [0.3, 0.4) is 0 Å². The van der Waals surface area contributed by atoms with Gasteiger partial charge in [-0.2, -0.15) is 0 Å². The molecule has 0 aromatic heterocycles. The molecule has 18 heavy (non-hydrogen) atoms. The van der Waals surface area contributed by atoms with Gasteiger partial charge in [-0.1, -0.05) is 12.1 Å². The number of hydrogen-bond acceptors (Lipinski definition) is 3. The van der Waals surface area contributed by atoms with Gasteiger partial charge in [0.15, 0.2) is 0 Å². The summed E-state index contributed by atoms with van der Waals surface area (Å²) in [6.45, 7) is -1.01. The van der Waals surface area contributed by atoms with Crippen LogP contribution in [0.1, 0.15) is 10.4 Å². The minimum Gasteiger partial charge on any atom is -0.368 e. The van der Waals surface area contributed by atoms with E-state index in [0.717, 1.165) is 11.0 Å². The van der Waals surface area contributed by atoms with Gasteiger partial charge in [0.1, 0.15) is 18.9 Å². The summed E-state index contributed by atoms with van der Waals surface area (Å²) in [4.78, 5) is 34.3. The lowest BCUT2D eigenvalue weighted by Crippen LogP contribution is -2.43. The van der Waals surface area contributed by atoms with E-state index in [0.29, 0.717) is 0 Å². The molecule has 7 heteroatoms. The van der Waals surface area contributed by atoms with E-state index in [9.17, 15) is 18.8 Å². The number of carbonyl (C=O) groups is 3. The fourth-order valence-electron chi connectivity index (χ4n) is 1.38. The molecule has 96 valence electrons. The third-order valence-corrected chi connectivity index (χ3v) is 2.08. The Hall–Kier alpha value is -2.44. The predicted molar refractivity (Wildman–Crippen MR) is 60.7 cm³/mol. The lowest BCUT2D eigenvalue weighted by Gasteiger charge is -2.19. The minimum absolute atomic E-state index is 0.250. The Bertz CT molecular complexity index is 474. The molecule has 0 aliphatic carbocycles. The van der Waals surface area contributed by atoms with Gasteiger partial charge in [0.2, 0.25) is 11.8 Å². The molecule has 0 saturated heterocycles. The summed E-state index contributed by atoms with van der Waals surface area (Å²) < 4.78 is 13.4. The lowest BCUT2D eigenvalue weighted by molar-refractivity contribution is -0.121. The van der Waals surface area contributed by atoms with Crippen molar-refractivity contribution >= 4 is 17.7 Å². The topological polar surface area (TPSA) is 106 Å². The van der Waals surface area contributed by atoms with E-state index in [1.807, 2.05) is 0 Å². The largest absolute Gasteiger partial charge is 0.368 e. The predicted octanol–water partition coefficient (Wildman–Crippen LogP) is -0.762. The van der Waals surface area contributed by atoms with Crippen molar-refractivity contribution in [2.45, 2.75) is 0 Å². The molecule has 0 aliphatic heterocycles. The van der Waals surface area contributed by atoms with Gasteiger partial charge >= 0.3 is 0 Å². The zero-order valence-electron chi connectivity index (χ0n) is 9.43. The summed E-state index contributed by atoms with van der Waals surface area (Å²) in [7, 11) is 0. The molecule has 0 radical (unpaired) electrons. The van der Waals surface area contributed by atoms with Gasteiger partial charge in [0, 0.05) is 0 Å². The molecule has 0 atom stereocenters. The van der Waals surface area contributed by atoms with Gasteiger partial charge < -0.3 is 16.4 Å². The summed E-state index contributed by atoms with van der Waals surface area (Å²) in [5, 5.41) is 0. The fraction of sp³-hybridized carbons (Fsp3) is 0.182. The summed E-state index contributed by atoms with van der Waals surface area (Å²) in [6.07, 6.45) is 0. The molecule has 1 aromatic rings. The Balaban J connectivity index is 2.98. The molecule has 0 bridgehead atoms. The minimum atomic E-state index is -0.819. The Morgan fingerprint density at radius 2 is 1.56 bits per heavy atom. The number of rotatable bonds is 5. The van der Waals surface area contributed by atoms with Crippen LogP contribution in [0.2, 0.25) is 0 Å². The third kappa shape index (κ3) is 3.55. The second-order valence-electron chi connectivity index (χ2n) is 3.57. The second-order valence-corrected chi connectivity index (χ2v) is 3.57. The van der Waals surface area contributed by atoms with E-state index >= 15 is 0 Å². The first-order valence-corrected chi connectivity index (χ1v) is 5.02. The summed E-state index contributed by atoms with van der Waals surface area (Å²) in [6, 6.07) is 5.22. The van der Waals surface area contributed by atoms with Crippen LogP contribution in [-0.4, -0.2) is 35.7 Å². The molecular weight excluding hydrogens is 241 g/mol. The van der Waals surface area contributed by atoms with Crippen LogP contribution in [-0.2, 0) is 9.59 Å². The molecule has 4 N–H and O–H groups in total. The SMILES string of the molecule is NC(=O)CN(CC(N)=O)C(=O)c1ccccc1F. The van der Waals surface area contributed by atoms with Crippen LogP contribution < -0.4 is 11.5 Å². The van der Waals surface area contributed by atoms with E-state index in [1.165, 1.54) is 18.2 Å². The van der Waals surface area contributed by atoms with E-state index in [1.54, 1.807) is 0 Å². The van der Waals surface area contributed by atoms with Crippen molar-refractivity contribution in [1.82, 2.24) is 4.90 Å². The summed E-state index contributed by atoms with van der Waals surface area (Å²) in [5.74, 6) is -3.20. The van der Waals surface area contributed by atoms with Gasteiger partial charge in [-0.3, -0.25) is 14.4 Å². The molecule has 3 amide bonds. The lowest BCUT2D eigenvalue weighted by atomic mass is 10.2. The van der Waals surface area contributed by atoms with Crippen LogP contribution in [0.4, 0.5) is 4.39 Å². The third-order valence-electron chi connectivity index (χ3n) is 2.08.